The van der Waals surface area contributed by atoms with Gasteiger partial charge in [-0.15, -0.1) is 0 Å². The second-order valence-corrected chi connectivity index (χ2v) is 5.66. The van der Waals surface area contributed by atoms with Crippen LogP contribution in [0.25, 0.3) is 0 Å². The standard InChI is InChI=1S/C14H24N2O4/c1-4-15(6-5-13(18)19)14(20)11-7-12(17)16(9-11)8-10(2)3/h10-11H,4-9H2,1-3H3,(H,18,19). The van der Waals surface area contributed by atoms with Gasteiger partial charge in [-0.25, -0.2) is 0 Å². The van der Waals surface area contributed by atoms with Crippen molar-refractivity contribution in [2.45, 2.75) is 33.6 Å². The molecule has 6 heteroatoms. The molecule has 114 valence electrons. The maximum atomic E-state index is 12.3. The molecule has 6 nitrogen and oxygen atoms in total. The minimum Gasteiger partial charge on any atom is -0.481 e. The first-order valence-corrected chi connectivity index (χ1v) is 7.13. The highest BCUT2D eigenvalue weighted by molar-refractivity contribution is 5.89. The fourth-order valence-corrected chi connectivity index (χ4v) is 2.47. The number of likely N-dealkylation sites (tertiary alicyclic amines) is 1. The minimum atomic E-state index is -0.916. The Hall–Kier alpha value is -1.59. The Morgan fingerprint density at radius 3 is 2.60 bits per heavy atom. The summed E-state index contributed by atoms with van der Waals surface area (Å²) in [6.45, 7) is 7.70. The third-order valence-electron chi connectivity index (χ3n) is 3.44. The summed E-state index contributed by atoms with van der Waals surface area (Å²) in [5.74, 6) is -0.947. The lowest BCUT2D eigenvalue weighted by molar-refractivity contribution is -0.139. The summed E-state index contributed by atoms with van der Waals surface area (Å²) in [6, 6.07) is 0. The highest BCUT2D eigenvalue weighted by atomic mass is 16.4. The van der Waals surface area contributed by atoms with Crippen LogP contribution in [0.15, 0.2) is 0 Å². The zero-order valence-corrected chi connectivity index (χ0v) is 12.5. The van der Waals surface area contributed by atoms with Gasteiger partial charge in [0.15, 0.2) is 0 Å². The van der Waals surface area contributed by atoms with E-state index in [0.717, 1.165) is 0 Å². The Bertz CT molecular complexity index is 381. The fraction of sp³-hybridized carbons (Fsp3) is 0.786. The Labute approximate surface area is 119 Å². The number of hydrogen-bond acceptors (Lipinski definition) is 3. The molecule has 1 heterocycles. The Morgan fingerprint density at radius 2 is 2.10 bits per heavy atom. The van der Waals surface area contributed by atoms with E-state index in [4.69, 9.17) is 5.11 Å². The zero-order valence-electron chi connectivity index (χ0n) is 12.5. The highest BCUT2D eigenvalue weighted by Crippen LogP contribution is 2.21. The van der Waals surface area contributed by atoms with Crippen molar-refractivity contribution in [2.75, 3.05) is 26.2 Å². The lowest BCUT2D eigenvalue weighted by Crippen LogP contribution is -2.39. The van der Waals surface area contributed by atoms with Crippen molar-refractivity contribution in [2.24, 2.45) is 11.8 Å². The van der Waals surface area contributed by atoms with E-state index in [9.17, 15) is 14.4 Å². The van der Waals surface area contributed by atoms with Crippen LogP contribution in [0.4, 0.5) is 0 Å². The molecule has 20 heavy (non-hydrogen) atoms. The number of hydrogen-bond donors (Lipinski definition) is 1. The molecule has 1 rings (SSSR count). The zero-order chi connectivity index (χ0) is 15.3. The van der Waals surface area contributed by atoms with E-state index in [1.54, 1.807) is 4.90 Å². The van der Waals surface area contributed by atoms with Gasteiger partial charge in [0, 0.05) is 32.6 Å². The first kappa shape index (κ1) is 16.5. The number of carboxylic acids is 1. The van der Waals surface area contributed by atoms with Gasteiger partial charge in [-0.1, -0.05) is 13.8 Å². The smallest absolute Gasteiger partial charge is 0.305 e. The molecule has 1 aliphatic rings. The van der Waals surface area contributed by atoms with E-state index in [2.05, 4.69) is 0 Å². The molecule has 0 aromatic heterocycles. The molecule has 0 aromatic carbocycles. The van der Waals surface area contributed by atoms with E-state index in [0.29, 0.717) is 25.6 Å². The maximum absolute atomic E-state index is 12.3. The topological polar surface area (TPSA) is 77.9 Å². The third kappa shape index (κ3) is 4.51. The molecule has 1 saturated heterocycles. The fourth-order valence-electron chi connectivity index (χ4n) is 2.47. The molecule has 1 unspecified atom stereocenters. The van der Waals surface area contributed by atoms with Crippen LogP contribution in [0, 0.1) is 11.8 Å². The molecule has 0 saturated carbocycles. The number of carbonyl (C=O) groups excluding carboxylic acids is 2. The summed E-state index contributed by atoms with van der Waals surface area (Å²) in [5.41, 5.74) is 0. The molecule has 0 bridgehead atoms. The van der Waals surface area contributed by atoms with Gasteiger partial charge in [-0.2, -0.15) is 0 Å². The lowest BCUT2D eigenvalue weighted by Gasteiger charge is -2.24. The lowest BCUT2D eigenvalue weighted by atomic mass is 10.1. The average molecular weight is 284 g/mol. The monoisotopic (exact) mass is 284 g/mol. The summed E-state index contributed by atoms with van der Waals surface area (Å²) < 4.78 is 0. The normalized spacial score (nSPS) is 18.7. The molecule has 1 aliphatic heterocycles. The number of nitrogens with zero attached hydrogens (tertiary/aromatic N) is 2. The van der Waals surface area contributed by atoms with Gasteiger partial charge in [0.05, 0.1) is 12.3 Å². The predicted molar refractivity (Wildman–Crippen MR) is 74.0 cm³/mol. The first-order chi connectivity index (χ1) is 9.35. The number of carboxylic acid groups (broad SMARTS) is 1. The molecular weight excluding hydrogens is 260 g/mol. The molecule has 1 fully saturated rings. The van der Waals surface area contributed by atoms with Gasteiger partial charge >= 0.3 is 5.97 Å². The number of amides is 2. The summed E-state index contributed by atoms with van der Waals surface area (Å²) >= 11 is 0. The average Bonchev–Trinajstić information content (AvgIpc) is 2.70. The summed E-state index contributed by atoms with van der Waals surface area (Å²) in [6.07, 6.45) is 0.186. The van der Waals surface area contributed by atoms with Gasteiger partial charge in [0.1, 0.15) is 0 Å². The highest BCUT2D eigenvalue weighted by Gasteiger charge is 2.36. The number of aliphatic carboxylic acids is 1. The summed E-state index contributed by atoms with van der Waals surface area (Å²) in [4.78, 5) is 38.0. The second-order valence-electron chi connectivity index (χ2n) is 5.66. The van der Waals surface area contributed by atoms with E-state index >= 15 is 0 Å². The first-order valence-electron chi connectivity index (χ1n) is 7.13. The summed E-state index contributed by atoms with van der Waals surface area (Å²) in [7, 11) is 0. The molecule has 0 radical (unpaired) electrons. The van der Waals surface area contributed by atoms with Crippen LogP contribution >= 0.6 is 0 Å². The van der Waals surface area contributed by atoms with Crippen molar-refractivity contribution in [1.82, 2.24) is 9.80 Å². The molecule has 0 spiro atoms. The SMILES string of the molecule is CCN(CCC(=O)O)C(=O)C1CC(=O)N(CC(C)C)C1. The molecule has 0 aromatic rings. The number of rotatable bonds is 7. The van der Waals surface area contributed by atoms with Crippen LogP contribution in [0.3, 0.4) is 0 Å². The summed E-state index contributed by atoms with van der Waals surface area (Å²) in [5, 5.41) is 8.69. The third-order valence-corrected chi connectivity index (χ3v) is 3.44. The largest absolute Gasteiger partial charge is 0.481 e. The minimum absolute atomic E-state index is 0.0198. The molecule has 0 aliphatic carbocycles. The van der Waals surface area contributed by atoms with Crippen molar-refractivity contribution in [3.05, 3.63) is 0 Å². The quantitative estimate of drug-likeness (QED) is 0.750. The number of carbonyl (C=O) groups is 3. The van der Waals surface area contributed by atoms with Gasteiger partial charge in [-0.05, 0) is 12.8 Å². The van der Waals surface area contributed by atoms with Crippen molar-refractivity contribution >= 4 is 17.8 Å². The van der Waals surface area contributed by atoms with Crippen LogP contribution in [0.5, 0.6) is 0 Å². The van der Waals surface area contributed by atoms with E-state index < -0.39 is 5.97 Å². The molecular formula is C14H24N2O4. The predicted octanol–water partition coefficient (Wildman–Crippen LogP) is 0.814. The van der Waals surface area contributed by atoms with E-state index in [-0.39, 0.29) is 37.1 Å². The van der Waals surface area contributed by atoms with Crippen LogP contribution in [0.1, 0.15) is 33.6 Å². The van der Waals surface area contributed by atoms with Crippen LogP contribution in [0.2, 0.25) is 0 Å². The van der Waals surface area contributed by atoms with E-state index in [1.807, 2.05) is 20.8 Å². The van der Waals surface area contributed by atoms with Crippen molar-refractivity contribution in [3.8, 4) is 0 Å². The van der Waals surface area contributed by atoms with Crippen molar-refractivity contribution in [1.29, 1.82) is 0 Å². The molecule has 2 amide bonds. The maximum Gasteiger partial charge on any atom is 0.305 e. The Kier molecular flexibility index (Phi) is 5.98. The molecule has 1 atom stereocenters. The van der Waals surface area contributed by atoms with Gasteiger partial charge in [0.2, 0.25) is 11.8 Å². The van der Waals surface area contributed by atoms with Gasteiger partial charge in [-0.3, -0.25) is 14.4 Å². The van der Waals surface area contributed by atoms with Crippen LogP contribution < -0.4 is 0 Å². The van der Waals surface area contributed by atoms with Crippen LogP contribution in [-0.4, -0.2) is 58.9 Å². The van der Waals surface area contributed by atoms with Gasteiger partial charge < -0.3 is 14.9 Å². The second kappa shape index (κ2) is 7.26. The Morgan fingerprint density at radius 1 is 1.45 bits per heavy atom. The van der Waals surface area contributed by atoms with Crippen molar-refractivity contribution < 1.29 is 19.5 Å². The Balaban J connectivity index is 2.58. The molecule has 1 N–H and O–H groups in total. The van der Waals surface area contributed by atoms with Crippen molar-refractivity contribution in [3.63, 3.8) is 0 Å². The van der Waals surface area contributed by atoms with Gasteiger partial charge in [0.25, 0.3) is 0 Å². The van der Waals surface area contributed by atoms with E-state index in [1.165, 1.54) is 4.90 Å². The van der Waals surface area contributed by atoms with Crippen LogP contribution in [-0.2, 0) is 14.4 Å².